The molecule has 19 heavy (non-hydrogen) atoms. The molecule has 2 rings (SSSR count). The SMILES string of the molecule is CC(C)CS(=O)(=O)c1nc(C(=O)O)ccc1C1CC1. The van der Waals surface area contributed by atoms with E-state index in [1.54, 1.807) is 6.07 Å². The molecule has 1 fully saturated rings. The molecule has 0 bridgehead atoms. The van der Waals surface area contributed by atoms with Gasteiger partial charge in [-0.05, 0) is 36.3 Å². The molecular weight excluding hydrogens is 266 g/mol. The molecular formula is C13H17NO4S. The van der Waals surface area contributed by atoms with Crippen molar-refractivity contribution in [1.82, 2.24) is 4.98 Å². The standard InChI is InChI=1S/C13H17NO4S/c1-8(2)7-19(17,18)12-10(9-3-4-9)5-6-11(14-12)13(15)16/h5-6,8-9H,3-4,7H2,1-2H3,(H,15,16). The van der Waals surface area contributed by atoms with E-state index in [0.717, 1.165) is 12.8 Å². The molecule has 0 amide bonds. The molecule has 1 aliphatic rings. The Balaban J connectivity index is 2.51. The van der Waals surface area contributed by atoms with Crippen LogP contribution in [0.4, 0.5) is 0 Å². The molecule has 0 aliphatic heterocycles. The van der Waals surface area contributed by atoms with E-state index in [-0.39, 0.29) is 28.3 Å². The first-order valence-corrected chi connectivity index (χ1v) is 7.93. The van der Waals surface area contributed by atoms with E-state index >= 15 is 0 Å². The molecule has 1 aromatic rings. The lowest BCUT2D eigenvalue weighted by Crippen LogP contribution is -2.17. The van der Waals surface area contributed by atoms with Crippen LogP contribution in [0.1, 0.15) is 48.7 Å². The molecule has 104 valence electrons. The number of aromatic nitrogens is 1. The van der Waals surface area contributed by atoms with Gasteiger partial charge in [-0.3, -0.25) is 0 Å². The Bertz CT molecular complexity index is 603. The average molecular weight is 283 g/mol. The maximum Gasteiger partial charge on any atom is 0.354 e. The maximum absolute atomic E-state index is 12.3. The van der Waals surface area contributed by atoms with Gasteiger partial charge in [0, 0.05) is 0 Å². The normalized spacial score (nSPS) is 15.7. The first kappa shape index (κ1) is 14.0. The van der Waals surface area contributed by atoms with E-state index in [1.807, 2.05) is 13.8 Å². The zero-order valence-corrected chi connectivity index (χ0v) is 11.8. The topological polar surface area (TPSA) is 84.3 Å². The number of hydrogen-bond acceptors (Lipinski definition) is 4. The fraction of sp³-hybridized carbons (Fsp3) is 0.538. The van der Waals surface area contributed by atoms with Crippen LogP contribution in [0.2, 0.25) is 0 Å². The Morgan fingerprint density at radius 1 is 1.42 bits per heavy atom. The Hall–Kier alpha value is -1.43. The van der Waals surface area contributed by atoms with Crippen LogP contribution in [0, 0.1) is 5.92 Å². The van der Waals surface area contributed by atoms with Crippen molar-refractivity contribution in [3.05, 3.63) is 23.4 Å². The summed E-state index contributed by atoms with van der Waals surface area (Å²) in [7, 11) is -3.53. The van der Waals surface area contributed by atoms with Gasteiger partial charge in [0.15, 0.2) is 14.9 Å². The fourth-order valence-electron chi connectivity index (χ4n) is 2.04. The van der Waals surface area contributed by atoms with Gasteiger partial charge in [0.2, 0.25) is 0 Å². The number of carboxylic acids is 1. The van der Waals surface area contributed by atoms with Crippen LogP contribution in [0.3, 0.4) is 0 Å². The number of aromatic carboxylic acids is 1. The van der Waals surface area contributed by atoms with Gasteiger partial charge in [-0.2, -0.15) is 0 Å². The van der Waals surface area contributed by atoms with Crippen LogP contribution in [-0.2, 0) is 9.84 Å². The third-order valence-electron chi connectivity index (χ3n) is 2.97. The van der Waals surface area contributed by atoms with Crippen LogP contribution in [0.15, 0.2) is 17.2 Å². The van der Waals surface area contributed by atoms with Gasteiger partial charge >= 0.3 is 5.97 Å². The van der Waals surface area contributed by atoms with Crippen LogP contribution < -0.4 is 0 Å². The van der Waals surface area contributed by atoms with Gasteiger partial charge in [-0.25, -0.2) is 18.2 Å². The van der Waals surface area contributed by atoms with Crippen molar-refractivity contribution in [1.29, 1.82) is 0 Å². The molecule has 0 unspecified atom stereocenters. The number of carboxylic acid groups (broad SMARTS) is 1. The third kappa shape index (κ3) is 3.12. The maximum atomic E-state index is 12.3. The van der Waals surface area contributed by atoms with Crippen molar-refractivity contribution < 1.29 is 18.3 Å². The number of nitrogens with zero attached hydrogens (tertiary/aromatic N) is 1. The summed E-state index contributed by atoms with van der Waals surface area (Å²) < 4.78 is 24.6. The second kappa shape index (κ2) is 4.92. The number of pyridine rings is 1. The van der Waals surface area contributed by atoms with Gasteiger partial charge in [0.25, 0.3) is 0 Å². The molecule has 1 heterocycles. The van der Waals surface area contributed by atoms with E-state index in [9.17, 15) is 13.2 Å². The Morgan fingerprint density at radius 2 is 2.05 bits per heavy atom. The molecule has 6 heteroatoms. The highest BCUT2D eigenvalue weighted by Gasteiger charge is 2.32. The van der Waals surface area contributed by atoms with E-state index in [2.05, 4.69) is 4.98 Å². The summed E-state index contributed by atoms with van der Waals surface area (Å²) in [6, 6.07) is 2.98. The van der Waals surface area contributed by atoms with Crippen molar-refractivity contribution in [2.45, 2.75) is 37.6 Å². The summed E-state index contributed by atoms with van der Waals surface area (Å²) in [6.45, 7) is 3.63. The predicted octanol–water partition coefficient (Wildman–Crippen LogP) is 2.09. The summed E-state index contributed by atoms with van der Waals surface area (Å²) in [5, 5.41) is 8.91. The van der Waals surface area contributed by atoms with Crippen molar-refractivity contribution in [2.75, 3.05) is 5.75 Å². The first-order valence-electron chi connectivity index (χ1n) is 6.28. The zero-order valence-electron chi connectivity index (χ0n) is 11.0. The minimum absolute atomic E-state index is 0.0111. The summed E-state index contributed by atoms with van der Waals surface area (Å²) in [6.07, 6.45) is 1.89. The molecule has 0 atom stereocenters. The number of sulfone groups is 1. The highest BCUT2D eigenvalue weighted by Crippen LogP contribution is 2.42. The predicted molar refractivity (Wildman–Crippen MR) is 70.1 cm³/mol. The van der Waals surface area contributed by atoms with Crippen molar-refractivity contribution in [2.24, 2.45) is 5.92 Å². The minimum atomic E-state index is -3.53. The molecule has 0 spiro atoms. The summed E-state index contributed by atoms with van der Waals surface area (Å²) >= 11 is 0. The van der Waals surface area contributed by atoms with Crippen LogP contribution in [-0.4, -0.2) is 30.2 Å². The molecule has 1 N–H and O–H groups in total. The van der Waals surface area contributed by atoms with E-state index in [1.165, 1.54) is 6.07 Å². The van der Waals surface area contributed by atoms with Gasteiger partial charge in [0.05, 0.1) is 5.75 Å². The summed E-state index contributed by atoms with van der Waals surface area (Å²) in [5.74, 6) is -1.02. The first-order chi connectivity index (χ1) is 8.81. The highest BCUT2D eigenvalue weighted by molar-refractivity contribution is 7.91. The lowest BCUT2D eigenvalue weighted by Gasteiger charge is -2.11. The molecule has 1 aliphatic carbocycles. The second-order valence-electron chi connectivity index (χ2n) is 5.35. The lowest BCUT2D eigenvalue weighted by molar-refractivity contribution is 0.0689. The van der Waals surface area contributed by atoms with Crippen LogP contribution >= 0.6 is 0 Å². The molecule has 0 radical (unpaired) electrons. The Kier molecular flexibility index (Phi) is 3.62. The highest BCUT2D eigenvalue weighted by atomic mass is 32.2. The molecule has 0 saturated heterocycles. The second-order valence-corrected chi connectivity index (χ2v) is 7.30. The summed E-state index contributed by atoms with van der Waals surface area (Å²) in [5.41, 5.74) is 0.456. The van der Waals surface area contributed by atoms with Crippen molar-refractivity contribution in [3.8, 4) is 0 Å². The molecule has 5 nitrogen and oxygen atoms in total. The molecule has 1 aromatic heterocycles. The fourth-order valence-corrected chi connectivity index (χ4v) is 3.91. The van der Waals surface area contributed by atoms with Gasteiger partial charge < -0.3 is 5.11 Å². The summed E-state index contributed by atoms with van der Waals surface area (Å²) in [4.78, 5) is 14.8. The number of hydrogen-bond donors (Lipinski definition) is 1. The van der Waals surface area contributed by atoms with Crippen LogP contribution in [0.5, 0.6) is 0 Å². The Morgan fingerprint density at radius 3 is 2.53 bits per heavy atom. The van der Waals surface area contributed by atoms with Gasteiger partial charge in [0.1, 0.15) is 5.69 Å². The number of rotatable bonds is 5. The monoisotopic (exact) mass is 283 g/mol. The Labute approximate surface area is 112 Å². The van der Waals surface area contributed by atoms with Crippen LogP contribution in [0.25, 0.3) is 0 Å². The van der Waals surface area contributed by atoms with Gasteiger partial charge in [-0.15, -0.1) is 0 Å². The zero-order chi connectivity index (χ0) is 14.2. The lowest BCUT2D eigenvalue weighted by atomic mass is 10.2. The largest absolute Gasteiger partial charge is 0.477 e. The van der Waals surface area contributed by atoms with Crippen molar-refractivity contribution in [3.63, 3.8) is 0 Å². The van der Waals surface area contributed by atoms with E-state index < -0.39 is 15.8 Å². The quantitative estimate of drug-likeness (QED) is 0.894. The number of carbonyl (C=O) groups is 1. The smallest absolute Gasteiger partial charge is 0.354 e. The molecule has 0 aromatic carbocycles. The average Bonchev–Trinajstić information content (AvgIpc) is 3.10. The third-order valence-corrected chi connectivity index (χ3v) is 5.00. The van der Waals surface area contributed by atoms with E-state index in [0.29, 0.717) is 5.56 Å². The van der Waals surface area contributed by atoms with Crippen molar-refractivity contribution >= 4 is 15.8 Å². The minimum Gasteiger partial charge on any atom is -0.477 e. The van der Waals surface area contributed by atoms with E-state index in [4.69, 9.17) is 5.11 Å². The molecule has 1 saturated carbocycles. The van der Waals surface area contributed by atoms with Gasteiger partial charge in [-0.1, -0.05) is 19.9 Å².